The Bertz CT molecular complexity index is 805. The number of aromatic hydroxyl groups is 2. The van der Waals surface area contributed by atoms with E-state index in [4.69, 9.17) is 4.42 Å². The highest BCUT2D eigenvalue weighted by Gasteiger charge is 2.13. The Balaban J connectivity index is 1.99. The fraction of sp³-hybridized carbons (Fsp3) is 0.222. The first-order valence-electron chi connectivity index (χ1n) is 7.19. The number of phenols is 2. The Labute approximate surface area is 129 Å². The largest absolute Gasteiger partial charge is 0.508 e. The van der Waals surface area contributed by atoms with Gasteiger partial charge in [0.1, 0.15) is 22.8 Å². The molecule has 4 heteroatoms. The predicted octanol–water partition coefficient (Wildman–Crippen LogP) is 3.50. The van der Waals surface area contributed by atoms with E-state index in [1.807, 2.05) is 37.2 Å². The van der Waals surface area contributed by atoms with Crippen LogP contribution >= 0.6 is 0 Å². The summed E-state index contributed by atoms with van der Waals surface area (Å²) in [6, 6.07) is 12.6. The van der Waals surface area contributed by atoms with Crippen molar-refractivity contribution in [1.82, 2.24) is 4.90 Å². The molecule has 4 nitrogen and oxygen atoms in total. The van der Waals surface area contributed by atoms with Crippen LogP contribution in [0.2, 0.25) is 0 Å². The third-order valence-corrected chi connectivity index (χ3v) is 3.60. The zero-order chi connectivity index (χ0) is 15.7. The Hall–Kier alpha value is -2.46. The molecular formula is C18H19NO3. The number of hydrogen-bond donors (Lipinski definition) is 2. The molecule has 0 saturated heterocycles. The lowest BCUT2D eigenvalue weighted by Gasteiger charge is -2.11. The van der Waals surface area contributed by atoms with Crippen molar-refractivity contribution in [1.29, 1.82) is 0 Å². The monoisotopic (exact) mass is 297 g/mol. The summed E-state index contributed by atoms with van der Waals surface area (Å²) in [6.45, 7) is 0.647. The number of fused-ring (bicyclic) bond motifs is 1. The quantitative estimate of drug-likeness (QED) is 0.774. The summed E-state index contributed by atoms with van der Waals surface area (Å²) in [5, 5.41) is 20.6. The molecular weight excluding hydrogens is 278 g/mol. The van der Waals surface area contributed by atoms with Gasteiger partial charge in [0.2, 0.25) is 0 Å². The van der Waals surface area contributed by atoms with Crippen LogP contribution in [0.3, 0.4) is 0 Å². The zero-order valence-electron chi connectivity index (χ0n) is 12.7. The molecule has 114 valence electrons. The highest BCUT2D eigenvalue weighted by Crippen LogP contribution is 2.31. The van der Waals surface area contributed by atoms with Crippen molar-refractivity contribution in [3.05, 3.63) is 59.4 Å². The van der Waals surface area contributed by atoms with Gasteiger partial charge in [-0.15, -0.1) is 0 Å². The van der Waals surface area contributed by atoms with Gasteiger partial charge < -0.3 is 19.5 Å². The van der Waals surface area contributed by atoms with Gasteiger partial charge in [0, 0.05) is 23.9 Å². The molecule has 0 aliphatic carbocycles. The van der Waals surface area contributed by atoms with Crippen LogP contribution in [0.15, 0.2) is 46.9 Å². The van der Waals surface area contributed by atoms with Gasteiger partial charge >= 0.3 is 0 Å². The molecule has 0 aliphatic heterocycles. The molecule has 3 aromatic rings. The minimum Gasteiger partial charge on any atom is -0.508 e. The number of nitrogens with zero attached hydrogens (tertiary/aromatic N) is 1. The molecule has 0 saturated carbocycles. The Morgan fingerprint density at radius 2 is 1.86 bits per heavy atom. The summed E-state index contributed by atoms with van der Waals surface area (Å²) < 4.78 is 5.88. The number of rotatable bonds is 4. The van der Waals surface area contributed by atoms with Gasteiger partial charge in [-0.1, -0.05) is 12.1 Å². The summed E-state index contributed by atoms with van der Waals surface area (Å²) in [5.74, 6) is 1.34. The Morgan fingerprint density at radius 1 is 1.05 bits per heavy atom. The van der Waals surface area contributed by atoms with Crippen LogP contribution in [0.4, 0.5) is 0 Å². The molecule has 3 rings (SSSR count). The number of phenolic OH excluding ortho intramolecular Hbond substituents is 2. The molecule has 0 aliphatic rings. The van der Waals surface area contributed by atoms with E-state index in [0.29, 0.717) is 13.0 Å². The van der Waals surface area contributed by atoms with Crippen molar-refractivity contribution < 1.29 is 14.6 Å². The van der Waals surface area contributed by atoms with Crippen LogP contribution in [0.5, 0.6) is 11.5 Å². The predicted molar refractivity (Wildman–Crippen MR) is 86.2 cm³/mol. The maximum absolute atomic E-state index is 10.1. The number of furan rings is 1. The standard InChI is InChI=1S/C18H19NO3/c1-19(2)11-16-15-10-14(22-18(15)7-6-17(16)21)9-12-4-3-5-13(20)8-12/h3-8,10,20-21H,9,11H2,1-2H3. The van der Waals surface area contributed by atoms with Gasteiger partial charge in [-0.2, -0.15) is 0 Å². The number of benzene rings is 2. The third kappa shape index (κ3) is 2.92. The molecule has 2 N–H and O–H groups in total. The minimum absolute atomic E-state index is 0.250. The van der Waals surface area contributed by atoms with Crippen LogP contribution in [0, 0.1) is 0 Å². The molecule has 0 radical (unpaired) electrons. The third-order valence-electron chi connectivity index (χ3n) is 3.60. The summed E-state index contributed by atoms with van der Waals surface area (Å²) in [6.07, 6.45) is 0.602. The molecule has 0 amide bonds. The van der Waals surface area contributed by atoms with E-state index in [1.54, 1.807) is 24.3 Å². The molecule has 22 heavy (non-hydrogen) atoms. The molecule has 1 aromatic heterocycles. The fourth-order valence-corrected chi connectivity index (χ4v) is 2.65. The van der Waals surface area contributed by atoms with Gasteiger partial charge in [0.25, 0.3) is 0 Å². The average molecular weight is 297 g/mol. The second kappa shape index (κ2) is 5.73. The van der Waals surface area contributed by atoms with Gasteiger partial charge in [-0.3, -0.25) is 0 Å². The molecule has 1 heterocycles. The summed E-state index contributed by atoms with van der Waals surface area (Å²) >= 11 is 0. The maximum atomic E-state index is 10.1. The fourth-order valence-electron chi connectivity index (χ4n) is 2.65. The van der Waals surface area contributed by atoms with Crippen LogP contribution in [-0.4, -0.2) is 29.2 Å². The van der Waals surface area contributed by atoms with E-state index in [9.17, 15) is 10.2 Å². The van der Waals surface area contributed by atoms with Crippen molar-refractivity contribution in [2.45, 2.75) is 13.0 Å². The van der Waals surface area contributed by atoms with E-state index < -0.39 is 0 Å². The van der Waals surface area contributed by atoms with Crippen LogP contribution in [0.25, 0.3) is 11.0 Å². The molecule has 0 spiro atoms. The highest BCUT2D eigenvalue weighted by molar-refractivity contribution is 5.84. The van der Waals surface area contributed by atoms with Gasteiger partial charge in [0.15, 0.2) is 0 Å². The summed E-state index contributed by atoms with van der Waals surface area (Å²) in [4.78, 5) is 2.01. The maximum Gasteiger partial charge on any atom is 0.134 e. The highest BCUT2D eigenvalue weighted by atomic mass is 16.3. The minimum atomic E-state index is 0.250. The summed E-state index contributed by atoms with van der Waals surface area (Å²) in [5.41, 5.74) is 2.62. The molecule has 0 atom stereocenters. The van der Waals surface area contributed by atoms with E-state index in [0.717, 1.165) is 27.9 Å². The second-order valence-electron chi connectivity index (χ2n) is 5.77. The van der Waals surface area contributed by atoms with Crippen LogP contribution < -0.4 is 0 Å². The first kappa shape index (κ1) is 14.5. The van der Waals surface area contributed by atoms with E-state index in [-0.39, 0.29) is 11.5 Å². The van der Waals surface area contributed by atoms with Gasteiger partial charge in [-0.05, 0) is 50.0 Å². The van der Waals surface area contributed by atoms with E-state index >= 15 is 0 Å². The van der Waals surface area contributed by atoms with Crippen LogP contribution in [-0.2, 0) is 13.0 Å². The lowest BCUT2D eigenvalue weighted by molar-refractivity contribution is 0.388. The molecule has 0 unspecified atom stereocenters. The second-order valence-corrected chi connectivity index (χ2v) is 5.77. The van der Waals surface area contributed by atoms with Gasteiger partial charge in [-0.25, -0.2) is 0 Å². The van der Waals surface area contributed by atoms with Gasteiger partial charge in [0.05, 0.1) is 0 Å². The lowest BCUT2D eigenvalue weighted by Crippen LogP contribution is -2.10. The number of hydrogen-bond acceptors (Lipinski definition) is 4. The first-order valence-corrected chi connectivity index (χ1v) is 7.19. The smallest absolute Gasteiger partial charge is 0.134 e. The normalized spacial score (nSPS) is 11.4. The molecule has 2 aromatic carbocycles. The zero-order valence-corrected chi connectivity index (χ0v) is 12.7. The average Bonchev–Trinajstić information content (AvgIpc) is 2.84. The Kier molecular flexibility index (Phi) is 3.77. The van der Waals surface area contributed by atoms with Crippen molar-refractivity contribution in [2.24, 2.45) is 0 Å². The summed E-state index contributed by atoms with van der Waals surface area (Å²) in [7, 11) is 3.93. The lowest BCUT2D eigenvalue weighted by atomic mass is 10.1. The first-order chi connectivity index (χ1) is 10.5. The van der Waals surface area contributed by atoms with Crippen molar-refractivity contribution in [3.8, 4) is 11.5 Å². The van der Waals surface area contributed by atoms with E-state index in [2.05, 4.69) is 0 Å². The SMILES string of the molecule is CN(C)Cc1c(O)ccc2oc(Cc3cccc(O)c3)cc12. The Morgan fingerprint density at radius 3 is 2.59 bits per heavy atom. The van der Waals surface area contributed by atoms with Crippen molar-refractivity contribution in [3.63, 3.8) is 0 Å². The van der Waals surface area contributed by atoms with Crippen molar-refractivity contribution in [2.75, 3.05) is 14.1 Å². The van der Waals surface area contributed by atoms with E-state index in [1.165, 1.54) is 0 Å². The molecule has 0 fully saturated rings. The molecule has 0 bridgehead atoms. The van der Waals surface area contributed by atoms with Crippen molar-refractivity contribution >= 4 is 11.0 Å². The van der Waals surface area contributed by atoms with Crippen LogP contribution in [0.1, 0.15) is 16.9 Å². The topological polar surface area (TPSA) is 56.8 Å².